The van der Waals surface area contributed by atoms with Crippen LogP contribution in [-0.2, 0) is 30.2 Å². The lowest BCUT2D eigenvalue weighted by Crippen LogP contribution is -2.13. The summed E-state index contributed by atoms with van der Waals surface area (Å²) >= 11 is 0. The summed E-state index contributed by atoms with van der Waals surface area (Å²) in [6.45, 7) is 9.22. The summed E-state index contributed by atoms with van der Waals surface area (Å²) in [4.78, 5) is 50.0. The standard InChI is InChI=1S/C61H73N3O11/c1-5-57(65)73-42-20-14-12-18-40-70-53-33-23-46(24-34-53)49-44-48(22-16-10-8-7-9-11-17-39-72-55-37-29-51(30-38-55)63-62-50-27-31-52(32-28-50)64(3)4)59(56(45-49)60(67)75-61(68)69)47-25-35-54(36-26-47)71-41-19-13-15-21-43-74-58(66)6-2/h5-6,23-38,44-45H,1-2,7-22,39-43H2,3-4H3,(H,68,69). The predicted octanol–water partition coefficient (Wildman–Crippen LogP) is 15.0. The molecule has 5 rings (SSSR count). The van der Waals surface area contributed by atoms with Crippen LogP contribution in [0.5, 0.6) is 17.2 Å². The van der Waals surface area contributed by atoms with Crippen molar-refractivity contribution in [2.45, 2.75) is 103 Å². The molecule has 5 aromatic rings. The van der Waals surface area contributed by atoms with Gasteiger partial charge in [-0.1, -0.05) is 75.6 Å². The highest BCUT2D eigenvalue weighted by atomic mass is 16.7. The SMILES string of the molecule is C=CC(=O)OCCCCCCOc1ccc(-c2cc(CCCCCCCCCOc3ccc(N=Nc4ccc(N(C)C)cc4)cc3)c(-c3ccc(OCCCCCCOC(=O)C=C)cc3)c(C(=O)OC(=O)O)c2)cc1. The molecular weight excluding hydrogens is 951 g/mol. The van der Waals surface area contributed by atoms with Gasteiger partial charge in [0.05, 0.1) is 50.0 Å². The molecule has 0 aliphatic carbocycles. The Morgan fingerprint density at radius 1 is 0.493 bits per heavy atom. The van der Waals surface area contributed by atoms with Crippen LogP contribution in [0.1, 0.15) is 112 Å². The summed E-state index contributed by atoms with van der Waals surface area (Å²) in [5.41, 5.74) is 6.65. The van der Waals surface area contributed by atoms with Crippen LogP contribution >= 0.6 is 0 Å². The molecule has 5 aromatic carbocycles. The van der Waals surface area contributed by atoms with E-state index in [4.69, 9.17) is 28.4 Å². The second-order valence-corrected chi connectivity index (χ2v) is 18.2. The number of unbranched alkanes of at least 4 members (excludes halogenated alkanes) is 12. The number of azo groups is 1. The van der Waals surface area contributed by atoms with Crippen molar-refractivity contribution in [3.63, 3.8) is 0 Å². The molecule has 0 aliphatic rings. The molecule has 0 saturated carbocycles. The first-order chi connectivity index (χ1) is 36.5. The molecular formula is C61H73N3O11. The number of hydrogen-bond acceptors (Lipinski definition) is 13. The van der Waals surface area contributed by atoms with Gasteiger partial charge in [-0.2, -0.15) is 10.2 Å². The minimum absolute atomic E-state index is 0.155. The van der Waals surface area contributed by atoms with Crippen molar-refractivity contribution in [2.24, 2.45) is 10.2 Å². The summed E-state index contributed by atoms with van der Waals surface area (Å²) in [5, 5.41) is 18.3. The molecule has 14 nitrogen and oxygen atoms in total. The summed E-state index contributed by atoms with van der Waals surface area (Å²) in [6.07, 6.45) is 15.2. The molecule has 1 N–H and O–H groups in total. The van der Waals surface area contributed by atoms with Crippen LogP contribution in [0.15, 0.2) is 145 Å². The number of hydrogen-bond donors (Lipinski definition) is 1. The largest absolute Gasteiger partial charge is 0.513 e. The number of ether oxygens (including phenoxy) is 6. The van der Waals surface area contributed by atoms with Crippen LogP contribution in [0.25, 0.3) is 22.3 Å². The monoisotopic (exact) mass is 1020 g/mol. The van der Waals surface area contributed by atoms with Gasteiger partial charge in [0, 0.05) is 31.9 Å². The molecule has 0 amide bonds. The van der Waals surface area contributed by atoms with Crippen molar-refractivity contribution < 1.29 is 52.7 Å². The maximum atomic E-state index is 13.7. The zero-order valence-corrected chi connectivity index (χ0v) is 43.7. The van der Waals surface area contributed by atoms with Crippen LogP contribution in [-0.4, -0.2) is 76.3 Å². The van der Waals surface area contributed by atoms with Crippen molar-refractivity contribution in [3.05, 3.63) is 146 Å². The molecule has 0 fully saturated rings. The van der Waals surface area contributed by atoms with Gasteiger partial charge in [0.2, 0.25) is 0 Å². The second-order valence-electron chi connectivity index (χ2n) is 18.2. The van der Waals surface area contributed by atoms with E-state index in [2.05, 4.69) is 29.5 Å². The highest BCUT2D eigenvalue weighted by Gasteiger charge is 2.22. The van der Waals surface area contributed by atoms with Gasteiger partial charge in [0.15, 0.2) is 0 Å². The van der Waals surface area contributed by atoms with Crippen LogP contribution in [0.2, 0.25) is 0 Å². The molecule has 0 radical (unpaired) electrons. The Bertz CT molecular complexity index is 2580. The van der Waals surface area contributed by atoms with E-state index in [1.165, 1.54) is 0 Å². The maximum Gasteiger partial charge on any atom is 0.513 e. The maximum absolute atomic E-state index is 13.7. The van der Waals surface area contributed by atoms with Crippen LogP contribution in [0, 0.1) is 0 Å². The van der Waals surface area contributed by atoms with Gasteiger partial charge in [-0.15, -0.1) is 0 Å². The van der Waals surface area contributed by atoms with Crippen LogP contribution in [0.4, 0.5) is 21.9 Å². The van der Waals surface area contributed by atoms with Gasteiger partial charge in [-0.05, 0) is 177 Å². The molecule has 0 atom stereocenters. The number of esters is 3. The minimum Gasteiger partial charge on any atom is -0.494 e. The third-order valence-electron chi connectivity index (χ3n) is 12.2. The molecule has 75 heavy (non-hydrogen) atoms. The van der Waals surface area contributed by atoms with E-state index in [1.807, 2.05) is 116 Å². The van der Waals surface area contributed by atoms with Crippen molar-refractivity contribution in [1.29, 1.82) is 0 Å². The first-order valence-electron chi connectivity index (χ1n) is 26.1. The molecule has 0 aliphatic heterocycles. The summed E-state index contributed by atoms with van der Waals surface area (Å²) in [5.74, 6) is 0.389. The number of anilines is 1. The number of benzene rings is 5. The Labute approximate surface area is 442 Å². The zero-order valence-electron chi connectivity index (χ0n) is 43.7. The Balaban J connectivity index is 1.17. The smallest absolute Gasteiger partial charge is 0.494 e. The second kappa shape index (κ2) is 33.2. The quantitative estimate of drug-likeness (QED) is 0.0102. The van der Waals surface area contributed by atoms with E-state index in [9.17, 15) is 24.3 Å². The molecule has 0 unspecified atom stereocenters. The number of aryl methyl sites for hydroxylation is 1. The Morgan fingerprint density at radius 3 is 1.33 bits per heavy atom. The van der Waals surface area contributed by atoms with E-state index in [0.29, 0.717) is 56.5 Å². The third kappa shape index (κ3) is 21.7. The lowest BCUT2D eigenvalue weighted by Gasteiger charge is -2.18. The first kappa shape index (κ1) is 58.2. The van der Waals surface area contributed by atoms with Crippen LogP contribution < -0.4 is 19.1 Å². The van der Waals surface area contributed by atoms with Crippen LogP contribution in [0.3, 0.4) is 0 Å². The Hall–Kier alpha value is -7.74. The highest BCUT2D eigenvalue weighted by Crippen LogP contribution is 2.36. The first-order valence-corrected chi connectivity index (χ1v) is 26.1. The number of carbonyl (C=O) groups is 4. The fourth-order valence-electron chi connectivity index (χ4n) is 8.16. The fourth-order valence-corrected chi connectivity index (χ4v) is 8.16. The average molecular weight is 1020 g/mol. The van der Waals surface area contributed by atoms with Gasteiger partial charge < -0.3 is 38.4 Å². The topological polar surface area (TPSA) is 172 Å². The molecule has 0 saturated heterocycles. The van der Waals surface area contributed by atoms with E-state index in [-0.39, 0.29) is 5.56 Å². The van der Waals surface area contributed by atoms with Crippen molar-refractivity contribution in [2.75, 3.05) is 52.0 Å². The summed E-state index contributed by atoms with van der Waals surface area (Å²) in [6, 6.07) is 34.5. The average Bonchev–Trinajstić information content (AvgIpc) is 3.42. The van der Waals surface area contributed by atoms with E-state index < -0.39 is 24.1 Å². The highest BCUT2D eigenvalue weighted by molar-refractivity contribution is 6.03. The third-order valence-corrected chi connectivity index (χ3v) is 12.2. The predicted molar refractivity (Wildman–Crippen MR) is 294 cm³/mol. The van der Waals surface area contributed by atoms with Gasteiger partial charge in [-0.3, -0.25) is 0 Å². The van der Waals surface area contributed by atoms with Crippen molar-refractivity contribution >= 4 is 41.1 Å². The fraction of sp³-hybridized carbons (Fsp3) is 0.377. The molecule has 0 spiro atoms. The Morgan fingerprint density at radius 2 is 0.893 bits per heavy atom. The number of carbonyl (C=O) groups excluding carboxylic acids is 3. The van der Waals surface area contributed by atoms with Gasteiger partial charge in [0.25, 0.3) is 0 Å². The van der Waals surface area contributed by atoms with Gasteiger partial charge >= 0.3 is 24.1 Å². The number of nitrogens with zero attached hydrogens (tertiary/aromatic N) is 3. The van der Waals surface area contributed by atoms with E-state index in [0.717, 1.165) is 154 Å². The molecule has 0 aromatic heterocycles. The van der Waals surface area contributed by atoms with E-state index >= 15 is 0 Å². The van der Waals surface area contributed by atoms with Gasteiger partial charge in [0.1, 0.15) is 17.2 Å². The molecule has 14 heteroatoms. The number of carboxylic acid groups (broad SMARTS) is 1. The van der Waals surface area contributed by atoms with Gasteiger partial charge in [-0.25, -0.2) is 19.2 Å². The normalized spacial score (nSPS) is 10.9. The van der Waals surface area contributed by atoms with Crippen molar-refractivity contribution in [3.8, 4) is 39.5 Å². The molecule has 398 valence electrons. The minimum atomic E-state index is -1.68. The Kier molecular flexibility index (Phi) is 25.7. The molecule has 0 bridgehead atoms. The van der Waals surface area contributed by atoms with E-state index in [1.54, 1.807) is 6.07 Å². The molecule has 0 heterocycles. The zero-order chi connectivity index (χ0) is 53.5. The number of rotatable bonds is 35. The summed E-state index contributed by atoms with van der Waals surface area (Å²) in [7, 11) is 4.00. The van der Waals surface area contributed by atoms with Crippen molar-refractivity contribution in [1.82, 2.24) is 0 Å². The summed E-state index contributed by atoms with van der Waals surface area (Å²) < 4.78 is 33.0. The lowest BCUT2D eigenvalue weighted by atomic mass is 9.87. The lowest BCUT2D eigenvalue weighted by molar-refractivity contribution is -0.138.